The van der Waals surface area contributed by atoms with Crippen LogP contribution in [0.5, 0.6) is 0 Å². The van der Waals surface area contributed by atoms with Gasteiger partial charge in [-0.15, -0.1) is 0 Å². The van der Waals surface area contributed by atoms with Gasteiger partial charge in [-0.05, 0) is 18.2 Å². The Bertz CT molecular complexity index is 630. The Kier molecular flexibility index (Phi) is 4.45. The summed E-state index contributed by atoms with van der Waals surface area (Å²) in [5, 5.41) is 1.75. The average Bonchev–Trinajstić information content (AvgIpc) is 2.34. The zero-order valence-electron chi connectivity index (χ0n) is 11.5. The molecule has 0 bridgehead atoms. The minimum atomic E-state index is -9.97. The van der Waals surface area contributed by atoms with Crippen molar-refractivity contribution in [2.24, 2.45) is 5.92 Å². The molecule has 0 radical (unpaired) electrons. The quantitative estimate of drug-likeness (QED) is 0.395. The predicted octanol–water partition coefficient (Wildman–Crippen LogP) is 5.52. The van der Waals surface area contributed by atoms with Crippen LogP contribution >= 0.6 is 26.2 Å². The van der Waals surface area contributed by atoms with Crippen molar-refractivity contribution in [3.8, 4) is 0 Å². The molecule has 0 aromatic heterocycles. The van der Waals surface area contributed by atoms with E-state index in [0.29, 0.717) is 0 Å². The standard InChI is InChI=1S/C12H13BrF5NO2S/c1-7(2)12(21)19-9-3-8(11(20)6-13)4-10(5-9)22(14,15,16,17)18/h3-5,7H,6H2,1-2H3,(H,19,21). The topological polar surface area (TPSA) is 46.2 Å². The molecule has 0 saturated heterocycles. The smallest absolute Gasteiger partial charge is 0.310 e. The Morgan fingerprint density at radius 2 is 1.68 bits per heavy atom. The van der Waals surface area contributed by atoms with Crippen LogP contribution in [0, 0.1) is 5.92 Å². The zero-order valence-corrected chi connectivity index (χ0v) is 13.9. The third-order valence-electron chi connectivity index (χ3n) is 2.59. The summed E-state index contributed by atoms with van der Waals surface area (Å²) in [6.45, 7) is 2.96. The van der Waals surface area contributed by atoms with Crippen LogP contribution in [0.1, 0.15) is 24.2 Å². The Morgan fingerprint density at radius 3 is 2.09 bits per heavy atom. The molecule has 1 N–H and O–H groups in total. The molecule has 0 fully saturated rings. The number of rotatable bonds is 5. The van der Waals surface area contributed by atoms with Crippen molar-refractivity contribution in [3.05, 3.63) is 23.8 Å². The van der Waals surface area contributed by atoms with Crippen LogP contribution in [0.4, 0.5) is 25.1 Å². The van der Waals surface area contributed by atoms with Crippen molar-refractivity contribution in [1.82, 2.24) is 0 Å². The zero-order chi connectivity index (χ0) is 17.4. The molecule has 3 nitrogen and oxygen atoms in total. The molecular weight excluding hydrogens is 397 g/mol. The molecule has 0 heterocycles. The number of Topliss-reactive ketones (excluding diaryl/α,β-unsaturated/α-hetero) is 1. The van der Waals surface area contributed by atoms with Crippen LogP contribution in [-0.2, 0) is 4.79 Å². The van der Waals surface area contributed by atoms with Crippen molar-refractivity contribution in [3.63, 3.8) is 0 Å². The largest absolute Gasteiger partial charge is 0.326 e. The molecule has 0 spiro atoms. The van der Waals surface area contributed by atoms with Crippen molar-refractivity contribution in [2.45, 2.75) is 18.7 Å². The number of nitrogens with one attached hydrogen (secondary N) is 1. The number of benzene rings is 1. The van der Waals surface area contributed by atoms with Gasteiger partial charge in [0.1, 0.15) is 4.90 Å². The summed E-state index contributed by atoms with van der Waals surface area (Å²) < 4.78 is 64.7. The van der Waals surface area contributed by atoms with Crippen LogP contribution in [0.15, 0.2) is 23.1 Å². The molecule has 0 unspecified atom stereocenters. The Labute approximate surface area is 132 Å². The van der Waals surface area contributed by atoms with Crippen LogP contribution in [0.3, 0.4) is 0 Å². The maximum atomic E-state index is 12.9. The third kappa shape index (κ3) is 4.94. The van der Waals surface area contributed by atoms with Gasteiger partial charge in [-0.3, -0.25) is 9.59 Å². The van der Waals surface area contributed by atoms with E-state index >= 15 is 0 Å². The first kappa shape index (κ1) is 18.9. The van der Waals surface area contributed by atoms with E-state index in [9.17, 15) is 29.0 Å². The van der Waals surface area contributed by atoms with Gasteiger partial charge in [0, 0.05) is 17.2 Å². The minimum absolute atomic E-state index is 0.0934. The molecule has 0 aliphatic carbocycles. The molecule has 0 aliphatic rings. The first-order chi connectivity index (χ1) is 9.63. The number of anilines is 1. The van der Waals surface area contributed by atoms with E-state index in [-0.39, 0.29) is 17.5 Å². The average molecular weight is 410 g/mol. The molecule has 126 valence electrons. The molecule has 0 saturated carbocycles. The number of carbonyl (C=O) groups excluding carboxylic acids is 2. The summed E-state index contributed by atoms with van der Waals surface area (Å²) in [4.78, 5) is 20.8. The van der Waals surface area contributed by atoms with Crippen molar-refractivity contribution in [2.75, 3.05) is 10.6 Å². The van der Waals surface area contributed by atoms with Gasteiger partial charge in [0.15, 0.2) is 5.78 Å². The van der Waals surface area contributed by atoms with Crippen LogP contribution in [0.2, 0.25) is 0 Å². The molecule has 0 atom stereocenters. The Balaban J connectivity index is 3.49. The van der Waals surface area contributed by atoms with Gasteiger partial charge < -0.3 is 5.32 Å². The molecule has 10 heteroatoms. The third-order valence-corrected chi connectivity index (χ3v) is 4.22. The van der Waals surface area contributed by atoms with E-state index in [1.807, 2.05) is 0 Å². The number of hydrogen-bond acceptors (Lipinski definition) is 2. The van der Waals surface area contributed by atoms with Crippen LogP contribution < -0.4 is 5.32 Å². The number of ketones is 1. The van der Waals surface area contributed by atoms with E-state index in [2.05, 4.69) is 21.2 Å². The second kappa shape index (κ2) is 5.19. The highest BCUT2D eigenvalue weighted by atomic mass is 79.9. The van der Waals surface area contributed by atoms with Gasteiger partial charge in [-0.25, -0.2) is 0 Å². The highest BCUT2D eigenvalue weighted by molar-refractivity contribution is 9.09. The lowest BCUT2D eigenvalue weighted by Gasteiger charge is -2.40. The first-order valence-electron chi connectivity index (χ1n) is 5.93. The van der Waals surface area contributed by atoms with E-state index in [4.69, 9.17) is 0 Å². The van der Waals surface area contributed by atoms with Gasteiger partial charge in [0.25, 0.3) is 0 Å². The highest BCUT2D eigenvalue weighted by Crippen LogP contribution is 3.02. The summed E-state index contributed by atoms with van der Waals surface area (Å²) in [6, 6.07) is 1.15. The van der Waals surface area contributed by atoms with Gasteiger partial charge in [-0.2, -0.15) is 0 Å². The van der Waals surface area contributed by atoms with E-state index in [1.54, 1.807) is 0 Å². The SMILES string of the molecule is CC(C)C(=O)Nc1cc(C(=O)CBr)cc(S(F)(F)(F)(F)F)c1. The molecule has 1 rings (SSSR count). The predicted molar refractivity (Wildman–Crippen MR) is 79.4 cm³/mol. The lowest BCUT2D eigenvalue weighted by Crippen LogP contribution is -2.19. The van der Waals surface area contributed by atoms with E-state index < -0.39 is 44.0 Å². The first-order valence-corrected chi connectivity index (χ1v) is 9.00. The number of hydrogen-bond donors (Lipinski definition) is 1. The number of alkyl halides is 1. The molecule has 1 aromatic rings. The lowest BCUT2D eigenvalue weighted by molar-refractivity contribution is -0.118. The lowest BCUT2D eigenvalue weighted by atomic mass is 10.1. The maximum Gasteiger partial charge on any atom is 0.310 e. The molecule has 0 aliphatic heterocycles. The van der Waals surface area contributed by atoms with Crippen molar-refractivity contribution >= 4 is 43.5 Å². The maximum absolute atomic E-state index is 12.9. The summed E-state index contributed by atoms with van der Waals surface area (Å²) in [5.74, 6) is -2.04. The summed E-state index contributed by atoms with van der Waals surface area (Å²) >= 11 is 2.76. The van der Waals surface area contributed by atoms with Crippen LogP contribution in [0.25, 0.3) is 0 Å². The van der Waals surface area contributed by atoms with Gasteiger partial charge in [0.2, 0.25) is 5.91 Å². The molecule has 1 amide bonds. The van der Waals surface area contributed by atoms with Crippen molar-refractivity contribution in [1.29, 1.82) is 0 Å². The Morgan fingerprint density at radius 1 is 1.14 bits per heavy atom. The summed E-state index contributed by atoms with van der Waals surface area (Å²) in [5.41, 5.74) is -1.07. The fourth-order valence-corrected chi connectivity index (χ4v) is 2.44. The molecular formula is C12H13BrF5NO2S. The Hall–Kier alpha value is -1.16. The normalized spacial score (nSPS) is 15.1. The summed E-state index contributed by atoms with van der Waals surface area (Å²) in [7, 11) is -9.97. The van der Waals surface area contributed by atoms with Crippen molar-refractivity contribution < 1.29 is 29.0 Å². The second-order valence-electron chi connectivity index (χ2n) is 4.92. The molecule has 22 heavy (non-hydrogen) atoms. The number of amides is 1. The minimum Gasteiger partial charge on any atom is -0.326 e. The van der Waals surface area contributed by atoms with E-state index in [0.717, 1.165) is 6.07 Å². The van der Waals surface area contributed by atoms with Gasteiger partial charge in [0.05, 0.1) is 5.33 Å². The number of halogens is 6. The summed E-state index contributed by atoms with van der Waals surface area (Å²) in [6.07, 6.45) is 0. The highest BCUT2D eigenvalue weighted by Gasteiger charge is 2.65. The van der Waals surface area contributed by atoms with Gasteiger partial charge in [-0.1, -0.05) is 49.2 Å². The van der Waals surface area contributed by atoms with Gasteiger partial charge >= 0.3 is 10.2 Å². The molecule has 1 aromatic carbocycles. The fraction of sp³-hybridized carbons (Fsp3) is 0.333. The second-order valence-corrected chi connectivity index (χ2v) is 7.89. The monoisotopic (exact) mass is 409 g/mol. The van der Waals surface area contributed by atoms with Crippen LogP contribution in [-0.4, -0.2) is 17.0 Å². The fourth-order valence-electron chi connectivity index (χ4n) is 1.42. The van der Waals surface area contributed by atoms with E-state index in [1.165, 1.54) is 13.8 Å². The number of carbonyl (C=O) groups is 2.